The Morgan fingerprint density at radius 2 is 1.92 bits per heavy atom. The number of hydrogen-bond donors (Lipinski definition) is 1. The fourth-order valence-electron chi connectivity index (χ4n) is 2.82. The third kappa shape index (κ3) is 3.82. The molecule has 0 bridgehead atoms. The molecule has 1 saturated heterocycles. The van der Waals surface area contributed by atoms with E-state index in [0.29, 0.717) is 25.2 Å². The second-order valence-corrected chi connectivity index (χ2v) is 6.77. The van der Waals surface area contributed by atoms with Gasteiger partial charge >= 0.3 is 0 Å². The standard InChI is InChI=1S/C18H19N3O2S/c19-12-14-3-5-15(6-4-14)16(22)13-20-7-9-21(10-8-20)18(23)17-2-1-11-24-17/h1-6,11,16,22H,7-10,13H2. The molecule has 124 valence electrons. The van der Waals surface area contributed by atoms with Gasteiger partial charge in [0.1, 0.15) is 0 Å². The Bertz CT molecular complexity index is 714. The molecule has 0 saturated carbocycles. The van der Waals surface area contributed by atoms with Gasteiger partial charge in [0.05, 0.1) is 22.6 Å². The number of amides is 1. The van der Waals surface area contributed by atoms with E-state index < -0.39 is 6.10 Å². The molecule has 0 radical (unpaired) electrons. The topological polar surface area (TPSA) is 67.6 Å². The van der Waals surface area contributed by atoms with Crippen LogP contribution in [0.3, 0.4) is 0 Å². The first-order valence-electron chi connectivity index (χ1n) is 7.90. The van der Waals surface area contributed by atoms with Gasteiger partial charge in [-0.2, -0.15) is 5.26 Å². The van der Waals surface area contributed by atoms with Gasteiger partial charge in [0.15, 0.2) is 0 Å². The number of aliphatic hydroxyl groups is 1. The van der Waals surface area contributed by atoms with Crippen LogP contribution in [0.15, 0.2) is 41.8 Å². The molecule has 1 aliphatic heterocycles. The van der Waals surface area contributed by atoms with Crippen LogP contribution in [-0.4, -0.2) is 53.5 Å². The van der Waals surface area contributed by atoms with Crippen LogP contribution in [0.5, 0.6) is 0 Å². The lowest BCUT2D eigenvalue weighted by Crippen LogP contribution is -2.49. The first-order chi connectivity index (χ1) is 11.7. The Kier molecular flexibility index (Phi) is 5.26. The molecule has 0 spiro atoms. The van der Waals surface area contributed by atoms with Gasteiger partial charge in [-0.05, 0) is 29.1 Å². The third-order valence-corrected chi connectivity index (χ3v) is 5.11. The maximum atomic E-state index is 12.3. The van der Waals surface area contributed by atoms with Crippen molar-refractivity contribution >= 4 is 17.2 Å². The van der Waals surface area contributed by atoms with E-state index in [1.807, 2.05) is 22.4 Å². The highest BCUT2D eigenvalue weighted by Gasteiger charge is 2.24. The summed E-state index contributed by atoms with van der Waals surface area (Å²) in [5, 5.41) is 21.1. The highest BCUT2D eigenvalue weighted by atomic mass is 32.1. The Labute approximate surface area is 145 Å². The van der Waals surface area contributed by atoms with Gasteiger partial charge < -0.3 is 10.0 Å². The van der Waals surface area contributed by atoms with Crippen molar-refractivity contribution in [1.29, 1.82) is 5.26 Å². The van der Waals surface area contributed by atoms with Crippen LogP contribution in [0, 0.1) is 11.3 Å². The van der Waals surface area contributed by atoms with Gasteiger partial charge in [0.25, 0.3) is 5.91 Å². The molecule has 2 heterocycles. The molecule has 1 aromatic heterocycles. The van der Waals surface area contributed by atoms with Crippen LogP contribution in [0.2, 0.25) is 0 Å². The van der Waals surface area contributed by atoms with Crippen molar-refractivity contribution in [3.05, 3.63) is 57.8 Å². The van der Waals surface area contributed by atoms with Gasteiger partial charge in [-0.3, -0.25) is 9.69 Å². The van der Waals surface area contributed by atoms with Crippen molar-refractivity contribution in [2.45, 2.75) is 6.10 Å². The number of nitrogens with zero attached hydrogens (tertiary/aromatic N) is 3. The van der Waals surface area contributed by atoms with E-state index in [1.165, 1.54) is 11.3 Å². The normalized spacial score (nSPS) is 16.6. The molecule has 0 aliphatic carbocycles. The molecule has 1 N–H and O–H groups in total. The smallest absolute Gasteiger partial charge is 0.264 e. The number of hydrogen-bond acceptors (Lipinski definition) is 5. The largest absolute Gasteiger partial charge is 0.387 e. The van der Waals surface area contributed by atoms with Crippen LogP contribution in [0.4, 0.5) is 0 Å². The second-order valence-electron chi connectivity index (χ2n) is 5.82. The lowest BCUT2D eigenvalue weighted by atomic mass is 10.1. The van der Waals surface area contributed by atoms with Gasteiger partial charge in [0.2, 0.25) is 0 Å². The highest BCUT2D eigenvalue weighted by molar-refractivity contribution is 7.12. The zero-order chi connectivity index (χ0) is 16.9. The molecule has 1 unspecified atom stereocenters. The van der Waals surface area contributed by atoms with E-state index in [-0.39, 0.29) is 5.91 Å². The van der Waals surface area contributed by atoms with Gasteiger partial charge in [-0.1, -0.05) is 18.2 Å². The number of piperazine rings is 1. The lowest BCUT2D eigenvalue weighted by molar-refractivity contribution is 0.0531. The van der Waals surface area contributed by atoms with Crippen molar-refractivity contribution in [1.82, 2.24) is 9.80 Å². The fourth-order valence-corrected chi connectivity index (χ4v) is 3.51. The van der Waals surface area contributed by atoms with Crippen LogP contribution in [0.1, 0.15) is 26.9 Å². The monoisotopic (exact) mass is 341 g/mol. The molecule has 24 heavy (non-hydrogen) atoms. The SMILES string of the molecule is N#Cc1ccc(C(O)CN2CCN(C(=O)c3cccs3)CC2)cc1. The van der Waals surface area contributed by atoms with Crippen molar-refractivity contribution in [3.8, 4) is 6.07 Å². The van der Waals surface area contributed by atoms with Crippen LogP contribution in [-0.2, 0) is 0 Å². The number of β-amino-alcohol motifs (C(OH)–C–C–N with tert-alkyl or cyclic N) is 1. The van der Waals surface area contributed by atoms with Gasteiger partial charge in [-0.25, -0.2) is 0 Å². The number of aliphatic hydroxyl groups excluding tert-OH is 1. The minimum Gasteiger partial charge on any atom is -0.387 e. The van der Waals surface area contributed by atoms with E-state index in [0.717, 1.165) is 23.5 Å². The Hall–Kier alpha value is -2.20. The maximum Gasteiger partial charge on any atom is 0.264 e. The molecule has 1 atom stereocenters. The summed E-state index contributed by atoms with van der Waals surface area (Å²) in [6.45, 7) is 3.40. The molecular formula is C18H19N3O2S. The summed E-state index contributed by atoms with van der Waals surface area (Å²) < 4.78 is 0. The Balaban J connectivity index is 1.51. The fraction of sp³-hybridized carbons (Fsp3) is 0.333. The van der Waals surface area contributed by atoms with Gasteiger partial charge in [-0.15, -0.1) is 11.3 Å². The zero-order valence-corrected chi connectivity index (χ0v) is 14.1. The summed E-state index contributed by atoms with van der Waals surface area (Å²) in [4.78, 5) is 17.1. The average molecular weight is 341 g/mol. The van der Waals surface area contributed by atoms with E-state index >= 15 is 0 Å². The molecular weight excluding hydrogens is 322 g/mol. The number of thiophene rings is 1. The van der Waals surface area contributed by atoms with E-state index in [1.54, 1.807) is 24.3 Å². The second kappa shape index (κ2) is 7.58. The zero-order valence-electron chi connectivity index (χ0n) is 13.3. The van der Waals surface area contributed by atoms with Crippen molar-refractivity contribution in [2.24, 2.45) is 0 Å². The van der Waals surface area contributed by atoms with Crippen LogP contribution in [0.25, 0.3) is 0 Å². The predicted molar refractivity (Wildman–Crippen MR) is 92.8 cm³/mol. The van der Waals surface area contributed by atoms with Gasteiger partial charge in [0, 0.05) is 32.7 Å². The third-order valence-electron chi connectivity index (χ3n) is 4.25. The molecule has 1 amide bonds. The number of rotatable bonds is 4. The van der Waals surface area contributed by atoms with Crippen molar-refractivity contribution < 1.29 is 9.90 Å². The first-order valence-corrected chi connectivity index (χ1v) is 8.78. The molecule has 2 aromatic rings. The van der Waals surface area contributed by atoms with Crippen molar-refractivity contribution in [2.75, 3.05) is 32.7 Å². The summed E-state index contributed by atoms with van der Waals surface area (Å²) >= 11 is 1.47. The number of benzene rings is 1. The summed E-state index contributed by atoms with van der Waals surface area (Å²) in [6.07, 6.45) is -0.586. The average Bonchev–Trinajstić information content (AvgIpc) is 3.16. The summed E-state index contributed by atoms with van der Waals surface area (Å²) in [6, 6.07) is 12.8. The Morgan fingerprint density at radius 1 is 1.21 bits per heavy atom. The van der Waals surface area contributed by atoms with Crippen LogP contribution >= 0.6 is 11.3 Å². The minimum atomic E-state index is -0.586. The molecule has 1 aromatic carbocycles. The predicted octanol–water partition coefficient (Wildman–Crippen LogP) is 2.11. The molecule has 5 nitrogen and oxygen atoms in total. The lowest BCUT2D eigenvalue weighted by Gasteiger charge is -2.35. The maximum absolute atomic E-state index is 12.3. The first kappa shape index (κ1) is 16.7. The minimum absolute atomic E-state index is 0.0947. The van der Waals surface area contributed by atoms with E-state index in [9.17, 15) is 9.90 Å². The van der Waals surface area contributed by atoms with E-state index in [4.69, 9.17) is 5.26 Å². The number of carbonyl (C=O) groups is 1. The number of nitriles is 1. The van der Waals surface area contributed by atoms with E-state index in [2.05, 4.69) is 11.0 Å². The summed E-state index contributed by atoms with van der Waals surface area (Å²) in [5.41, 5.74) is 1.40. The van der Waals surface area contributed by atoms with Crippen LogP contribution < -0.4 is 0 Å². The highest BCUT2D eigenvalue weighted by Crippen LogP contribution is 2.18. The Morgan fingerprint density at radius 3 is 2.50 bits per heavy atom. The number of carbonyl (C=O) groups excluding carboxylic acids is 1. The summed E-state index contributed by atoms with van der Waals surface area (Å²) in [5.74, 6) is 0.0947. The molecule has 1 fully saturated rings. The molecule has 6 heteroatoms. The molecule has 1 aliphatic rings. The summed E-state index contributed by atoms with van der Waals surface area (Å²) in [7, 11) is 0. The van der Waals surface area contributed by atoms with Crippen molar-refractivity contribution in [3.63, 3.8) is 0 Å². The molecule has 3 rings (SSSR count). The quantitative estimate of drug-likeness (QED) is 0.925.